The molecule has 1 atom stereocenters. The van der Waals surface area contributed by atoms with Gasteiger partial charge in [0.2, 0.25) is 11.2 Å². The van der Waals surface area contributed by atoms with E-state index in [1.54, 1.807) is 0 Å². The lowest BCUT2D eigenvalue weighted by Gasteiger charge is -2.36. The molecule has 0 spiro atoms. The summed E-state index contributed by atoms with van der Waals surface area (Å²) in [4.78, 5) is 14.2. The van der Waals surface area contributed by atoms with Crippen molar-refractivity contribution in [2.75, 3.05) is 26.7 Å². The van der Waals surface area contributed by atoms with Crippen LogP contribution in [0, 0.1) is 0 Å². The second kappa shape index (κ2) is 7.17. The molecule has 1 aromatic carbocycles. The average Bonchev–Trinajstić information content (AvgIpc) is 2.55. The number of hydrogen-bond donors (Lipinski definition) is 1. The molecule has 1 saturated heterocycles. The van der Waals surface area contributed by atoms with Crippen LogP contribution in [0.5, 0.6) is 5.75 Å². The van der Waals surface area contributed by atoms with Crippen molar-refractivity contribution in [2.45, 2.75) is 12.6 Å². The first kappa shape index (κ1) is 16.1. The smallest absolute Gasteiger partial charge is 0.227 e. The Morgan fingerprint density at radius 1 is 1.43 bits per heavy atom. The van der Waals surface area contributed by atoms with E-state index in [-0.39, 0.29) is 17.2 Å². The summed E-state index contributed by atoms with van der Waals surface area (Å²) in [5.41, 5.74) is 0.990. The summed E-state index contributed by atoms with van der Waals surface area (Å²) in [5.74, 6) is 0.852. The van der Waals surface area contributed by atoms with E-state index in [0.29, 0.717) is 12.3 Å². The van der Waals surface area contributed by atoms with E-state index >= 15 is 0 Å². The van der Waals surface area contributed by atoms with Crippen LogP contribution in [0.3, 0.4) is 0 Å². The molecule has 1 aliphatic heterocycles. The van der Waals surface area contributed by atoms with Gasteiger partial charge in [0.25, 0.3) is 0 Å². The Kier molecular flexibility index (Phi) is 5.00. The molecule has 0 bridgehead atoms. The summed E-state index contributed by atoms with van der Waals surface area (Å²) in [6.07, 6.45) is 1.37. The topological polar surface area (TPSA) is 54.7 Å². The van der Waals surface area contributed by atoms with Crippen LogP contribution in [-0.2, 0) is 6.54 Å². The Balaban J connectivity index is 1.82. The fourth-order valence-electron chi connectivity index (χ4n) is 2.85. The first-order valence-electron chi connectivity index (χ1n) is 7.53. The van der Waals surface area contributed by atoms with Crippen LogP contribution in [-0.4, -0.2) is 31.6 Å². The minimum Gasteiger partial charge on any atom is -0.490 e. The predicted octanol–water partition coefficient (Wildman–Crippen LogP) is 2.45. The van der Waals surface area contributed by atoms with Crippen LogP contribution < -0.4 is 15.5 Å². The molecule has 2 aromatic rings. The largest absolute Gasteiger partial charge is 0.490 e. The maximum Gasteiger partial charge on any atom is 0.227 e. The zero-order valence-electron chi connectivity index (χ0n) is 12.9. The molecule has 1 fully saturated rings. The third-order valence-electron chi connectivity index (χ3n) is 4.02. The highest BCUT2D eigenvalue weighted by atomic mass is 35.5. The Morgan fingerprint density at radius 3 is 3.04 bits per heavy atom. The van der Waals surface area contributed by atoms with Crippen LogP contribution in [0.25, 0.3) is 0 Å². The van der Waals surface area contributed by atoms with Crippen molar-refractivity contribution in [3.8, 4) is 5.75 Å². The number of methoxy groups -OCH3 is 1. The van der Waals surface area contributed by atoms with Gasteiger partial charge < -0.3 is 14.5 Å². The molecule has 3 rings (SSSR count). The lowest BCUT2D eigenvalue weighted by Crippen LogP contribution is -2.45. The van der Waals surface area contributed by atoms with Gasteiger partial charge in [-0.2, -0.15) is 0 Å². The third kappa shape index (κ3) is 3.75. The zero-order chi connectivity index (χ0) is 16.2. The molecule has 0 radical (unpaired) electrons. The normalized spacial score (nSPS) is 18.8. The second-order valence-corrected chi connectivity index (χ2v) is 5.96. The summed E-state index contributed by atoms with van der Waals surface area (Å²) in [5, 5.41) is 4.13. The minimum absolute atomic E-state index is 0.164. The number of nitrogens with zero attached hydrogens (tertiary/aromatic N) is 1. The van der Waals surface area contributed by atoms with E-state index in [9.17, 15) is 4.79 Å². The number of piperazine rings is 1. The van der Waals surface area contributed by atoms with E-state index in [1.807, 2.05) is 18.2 Å². The van der Waals surface area contributed by atoms with Gasteiger partial charge in [0.15, 0.2) is 0 Å². The summed E-state index contributed by atoms with van der Waals surface area (Å²) >= 11 is 6.11. The standard InChI is InChI=1S/C17H19ClN2O3/c1-22-17-11-23-14(8-16(17)21)10-20-6-5-19-9-15(20)12-3-2-4-13(18)7-12/h2-4,7-8,11,15,19H,5-6,9-10H2,1H3. The van der Waals surface area contributed by atoms with Gasteiger partial charge >= 0.3 is 0 Å². The molecule has 6 heteroatoms. The number of nitrogens with one attached hydrogen (secondary N) is 1. The maximum absolute atomic E-state index is 11.9. The predicted molar refractivity (Wildman–Crippen MR) is 89.0 cm³/mol. The van der Waals surface area contributed by atoms with Crippen molar-refractivity contribution in [1.82, 2.24) is 10.2 Å². The highest BCUT2D eigenvalue weighted by Gasteiger charge is 2.24. The summed E-state index contributed by atoms with van der Waals surface area (Å²) < 4.78 is 10.5. The van der Waals surface area contributed by atoms with E-state index < -0.39 is 0 Å². The molecule has 1 unspecified atom stereocenters. The van der Waals surface area contributed by atoms with Crippen molar-refractivity contribution in [2.24, 2.45) is 0 Å². The Bertz CT molecular complexity index is 732. The Morgan fingerprint density at radius 2 is 2.30 bits per heavy atom. The molecule has 1 aromatic heterocycles. The Hall–Kier alpha value is -1.82. The van der Waals surface area contributed by atoms with Crippen LogP contribution >= 0.6 is 11.6 Å². The van der Waals surface area contributed by atoms with Gasteiger partial charge in [-0.1, -0.05) is 23.7 Å². The SMILES string of the molecule is COc1coc(CN2CCNCC2c2cccc(Cl)c2)cc1=O. The Labute approximate surface area is 139 Å². The number of hydrogen-bond acceptors (Lipinski definition) is 5. The van der Waals surface area contributed by atoms with E-state index in [0.717, 1.165) is 30.2 Å². The van der Waals surface area contributed by atoms with Crippen molar-refractivity contribution in [1.29, 1.82) is 0 Å². The van der Waals surface area contributed by atoms with Gasteiger partial charge in [-0.05, 0) is 17.7 Å². The van der Waals surface area contributed by atoms with Crippen molar-refractivity contribution < 1.29 is 9.15 Å². The molecule has 122 valence electrons. The van der Waals surface area contributed by atoms with Crippen LogP contribution in [0.1, 0.15) is 17.4 Å². The highest BCUT2D eigenvalue weighted by molar-refractivity contribution is 6.30. The summed E-state index contributed by atoms with van der Waals surface area (Å²) in [6, 6.07) is 9.56. The first-order valence-corrected chi connectivity index (χ1v) is 7.91. The molecule has 2 heterocycles. The number of benzene rings is 1. The monoisotopic (exact) mass is 334 g/mol. The van der Waals surface area contributed by atoms with Gasteiger partial charge in [-0.3, -0.25) is 9.69 Å². The first-order chi connectivity index (χ1) is 11.2. The molecule has 1 N–H and O–H groups in total. The average molecular weight is 335 g/mol. The lowest BCUT2D eigenvalue weighted by atomic mass is 10.0. The van der Waals surface area contributed by atoms with Gasteiger partial charge in [0.05, 0.1) is 13.7 Å². The van der Waals surface area contributed by atoms with E-state index in [1.165, 1.54) is 19.4 Å². The fraction of sp³-hybridized carbons (Fsp3) is 0.353. The van der Waals surface area contributed by atoms with Gasteiger partial charge in [0, 0.05) is 36.8 Å². The second-order valence-electron chi connectivity index (χ2n) is 5.52. The molecular formula is C17H19ClN2O3. The van der Waals surface area contributed by atoms with Gasteiger partial charge in [-0.15, -0.1) is 0 Å². The molecule has 1 aliphatic rings. The zero-order valence-corrected chi connectivity index (χ0v) is 13.7. The number of halogens is 1. The maximum atomic E-state index is 11.9. The molecular weight excluding hydrogens is 316 g/mol. The molecule has 0 saturated carbocycles. The van der Waals surface area contributed by atoms with Crippen molar-refractivity contribution >= 4 is 11.6 Å². The minimum atomic E-state index is -0.164. The summed E-state index contributed by atoms with van der Waals surface area (Å²) in [6.45, 7) is 3.17. The molecule has 0 aliphatic carbocycles. The van der Waals surface area contributed by atoms with E-state index in [2.05, 4.69) is 16.3 Å². The molecule has 23 heavy (non-hydrogen) atoms. The third-order valence-corrected chi connectivity index (χ3v) is 4.25. The van der Waals surface area contributed by atoms with Crippen molar-refractivity contribution in [3.05, 3.63) is 63.2 Å². The lowest BCUT2D eigenvalue weighted by molar-refractivity contribution is 0.141. The molecule has 0 amide bonds. The number of ether oxygens (including phenoxy) is 1. The van der Waals surface area contributed by atoms with Crippen molar-refractivity contribution in [3.63, 3.8) is 0 Å². The quantitative estimate of drug-likeness (QED) is 0.930. The summed E-state index contributed by atoms with van der Waals surface area (Å²) in [7, 11) is 1.46. The highest BCUT2D eigenvalue weighted by Crippen LogP contribution is 2.26. The van der Waals surface area contributed by atoms with Gasteiger partial charge in [-0.25, -0.2) is 0 Å². The molecule has 5 nitrogen and oxygen atoms in total. The van der Waals surface area contributed by atoms with Gasteiger partial charge in [0.1, 0.15) is 12.0 Å². The van der Waals surface area contributed by atoms with E-state index in [4.69, 9.17) is 20.8 Å². The van der Waals surface area contributed by atoms with Crippen LogP contribution in [0.2, 0.25) is 5.02 Å². The van der Waals surface area contributed by atoms with Crippen LogP contribution in [0.15, 0.2) is 45.8 Å². The fourth-order valence-corrected chi connectivity index (χ4v) is 3.05. The van der Waals surface area contributed by atoms with Crippen LogP contribution in [0.4, 0.5) is 0 Å². The number of rotatable bonds is 4.